The van der Waals surface area contributed by atoms with Crippen molar-refractivity contribution in [1.82, 2.24) is 10.2 Å². The largest absolute Gasteiger partial charge is 0.494 e. The Kier molecular flexibility index (Phi) is 8.06. The van der Waals surface area contributed by atoms with Gasteiger partial charge in [0.15, 0.2) is 5.11 Å². The molecule has 0 aromatic heterocycles. The number of thiocarbonyl (C=S) groups is 1. The molecule has 0 unspecified atom stereocenters. The van der Waals surface area contributed by atoms with Crippen molar-refractivity contribution in [3.63, 3.8) is 0 Å². The van der Waals surface area contributed by atoms with Crippen LogP contribution in [0.25, 0.3) is 0 Å². The van der Waals surface area contributed by atoms with Crippen molar-refractivity contribution in [1.29, 1.82) is 0 Å². The third-order valence-corrected chi connectivity index (χ3v) is 4.65. The van der Waals surface area contributed by atoms with E-state index in [0.717, 1.165) is 30.0 Å². The summed E-state index contributed by atoms with van der Waals surface area (Å²) < 4.78 is 15.9. The van der Waals surface area contributed by atoms with E-state index in [9.17, 15) is 4.79 Å². The lowest BCUT2D eigenvalue weighted by Gasteiger charge is -2.37. The molecule has 1 atom stereocenters. The number of rotatable bonds is 9. The fourth-order valence-corrected chi connectivity index (χ4v) is 3.35. The number of carbonyl (C=O) groups is 1. The van der Waals surface area contributed by atoms with Gasteiger partial charge in [0.25, 0.3) is 0 Å². The maximum atomic E-state index is 12.8. The fourth-order valence-electron chi connectivity index (χ4n) is 3.01. The molecule has 7 heteroatoms. The molecule has 0 spiro atoms. The third-order valence-electron chi connectivity index (χ3n) is 4.31. The molecular formula is C20H28N2O4S. The average molecular weight is 393 g/mol. The fraction of sp³-hybridized carbons (Fsp3) is 0.500. The molecule has 1 heterocycles. The van der Waals surface area contributed by atoms with Crippen molar-refractivity contribution in [2.24, 2.45) is 0 Å². The second kappa shape index (κ2) is 10.3. The summed E-state index contributed by atoms with van der Waals surface area (Å²) in [6.07, 6.45) is 0.916. The van der Waals surface area contributed by atoms with Gasteiger partial charge in [0, 0.05) is 19.4 Å². The highest BCUT2D eigenvalue weighted by Crippen LogP contribution is 2.32. The van der Waals surface area contributed by atoms with Crippen LogP contribution in [0.3, 0.4) is 0 Å². The molecule has 1 aliphatic rings. The molecule has 0 radical (unpaired) electrons. The molecule has 0 saturated carbocycles. The highest BCUT2D eigenvalue weighted by atomic mass is 32.1. The molecule has 6 nitrogen and oxygen atoms in total. The topological polar surface area (TPSA) is 60.0 Å². The van der Waals surface area contributed by atoms with E-state index in [4.69, 9.17) is 26.4 Å². The van der Waals surface area contributed by atoms with E-state index < -0.39 is 0 Å². The monoisotopic (exact) mass is 392 g/mol. The molecule has 148 valence electrons. The van der Waals surface area contributed by atoms with Gasteiger partial charge in [0.1, 0.15) is 12.4 Å². The first-order valence-electron chi connectivity index (χ1n) is 9.21. The Labute approximate surface area is 166 Å². The van der Waals surface area contributed by atoms with Crippen molar-refractivity contribution in [3.05, 3.63) is 41.1 Å². The number of esters is 1. The molecule has 27 heavy (non-hydrogen) atoms. The van der Waals surface area contributed by atoms with E-state index >= 15 is 0 Å². The Bertz CT molecular complexity index is 688. The van der Waals surface area contributed by atoms with Crippen LogP contribution in [0.1, 0.15) is 38.8 Å². The summed E-state index contributed by atoms with van der Waals surface area (Å²) in [5.41, 5.74) is 2.31. The Balaban J connectivity index is 2.37. The van der Waals surface area contributed by atoms with Gasteiger partial charge in [-0.15, -0.1) is 0 Å². The number of nitrogens with zero attached hydrogens (tertiary/aromatic N) is 1. The zero-order chi connectivity index (χ0) is 19.8. The predicted octanol–water partition coefficient (Wildman–Crippen LogP) is 3.19. The Morgan fingerprint density at radius 1 is 1.22 bits per heavy atom. The van der Waals surface area contributed by atoms with Gasteiger partial charge in [-0.1, -0.05) is 19.1 Å². The lowest BCUT2D eigenvalue weighted by molar-refractivity contribution is -0.140. The summed E-state index contributed by atoms with van der Waals surface area (Å²) in [7, 11) is 1.57. The summed E-state index contributed by atoms with van der Waals surface area (Å²) in [4.78, 5) is 14.8. The van der Waals surface area contributed by atoms with Crippen molar-refractivity contribution in [2.75, 3.05) is 33.5 Å². The Morgan fingerprint density at radius 3 is 2.52 bits per heavy atom. The maximum absolute atomic E-state index is 12.8. The van der Waals surface area contributed by atoms with E-state index in [1.165, 1.54) is 0 Å². The summed E-state index contributed by atoms with van der Waals surface area (Å²) in [6.45, 7) is 7.84. The molecule has 1 aromatic rings. The minimum atomic E-state index is -0.365. The number of ether oxygens (including phenoxy) is 3. The van der Waals surface area contributed by atoms with Gasteiger partial charge in [0.05, 0.1) is 24.8 Å². The van der Waals surface area contributed by atoms with Crippen molar-refractivity contribution in [2.45, 2.75) is 33.2 Å². The number of carbonyl (C=O) groups excluding carboxylic acids is 1. The van der Waals surface area contributed by atoms with E-state index in [-0.39, 0.29) is 18.6 Å². The Hall–Kier alpha value is -2.12. The molecule has 0 saturated heterocycles. The van der Waals surface area contributed by atoms with Crippen molar-refractivity contribution >= 4 is 23.3 Å². The summed E-state index contributed by atoms with van der Waals surface area (Å²) in [5, 5.41) is 3.91. The minimum absolute atomic E-state index is 0.209. The first-order valence-corrected chi connectivity index (χ1v) is 9.61. The second-order valence-electron chi connectivity index (χ2n) is 6.16. The molecule has 0 fully saturated rings. The van der Waals surface area contributed by atoms with Crippen LogP contribution in [-0.4, -0.2) is 49.5 Å². The van der Waals surface area contributed by atoms with E-state index in [0.29, 0.717) is 23.9 Å². The molecular weight excluding hydrogens is 364 g/mol. The van der Waals surface area contributed by atoms with Crippen LogP contribution in [0.5, 0.6) is 5.75 Å². The third kappa shape index (κ3) is 5.20. The molecule has 0 amide bonds. The summed E-state index contributed by atoms with van der Waals surface area (Å²) >= 11 is 5.54. The summed E-state index contributed by atoms with van der Waals surface area (Å²) in [5.74, 6) is 0.428. The average Bonchev–Trinajstić information content (AvgIpc) is 2.65. The number of hydrogen-bond acceptors (Lipinski definition) is 5. The lowest BCUT2D eigenvalue weighted by atomic mass is 9.95. The molecule has 2 rings (SSSR count). The van der Waals surface area contributed by atoms with E-state index in [1.807, 2.05) is 43.0 Å². The van der Waals surface area contributed by atoms with Gasteiger partial charge in [-0.2, -0.15) is 0 Å². The van der Waals surface area contributed by atoms with Crippen molar-refractivity contribution < 1.29 is 19.0 Å². The number of nitrogens with one attached hydrogen (secondary N) is 1. The quantitative estimate of drug-likeness (QED) is 0.393. The predicted molar refractivity (Wildman–Crippen MR) is 109 cm³/mol. The second-order valence-corrected chi connectivity index (χ2v) is 6.55. The molecule has 1 aliphatic heterocycles. The maximum Gasteiger partial charge on any atom is 0.338 e. The van der Waals surface area contributed by atoms with Gasteiger partial charge in [0.2, 0.25) is 0 Å². The van der Waals surface area contributed by atoms with E-state index in [2.05, 4.69) is 12.2 Å². The van der Waals surface area contributed by atoms with Crippen LogP contribution in [0.2, 0.25) is 0 Å². The number of benzene rings is 1. The molecule has 0 bridgehead atoms. The molecule has 1 aromatic carbocycles. The van der Waals surface area contributed by atoms with Gasteiger partial charge in [-0.25, -0.2) is 4.79 Å². The lowest BCUT2D eigenvalue weighted by Crippen LogP contribution is -2.48. The normalized spacial score (nSPS) is 17.0. The van der Waals surface area contributed by atoms with Crippen LogP contribution in [-0.2, 0) is 14.3 Å². The van der Waals surface area contributed by atoms with Crippen LogP contribution in [0.15, 0.2) is 35.5 Å². The van der Waals surface area contributed by atoms with Crippen LogP contribution < -0.4 is 10.1 Å². The highest BCUT2D eigenvalue weighted by molar-refractivity contribution is 7.80. The first-order chi connectivity index (χ1) is 13.0. The first kappa shape index (κ1) is 21.2. The van der Waals surface area contributed by atoms with Crippen molar-refractivity contribution in [3.8, 4) is 5.75 Å². The molecule has 0 aliphatic carbocycles. The standard InChI is InChI=1S/C20H28N2O4S/c1-5-11-22-14(3)17(19(23)26-13-12-24-4)18(21-20(22)27)15-7-9-16(10-8-15)25-6-2/h7-10,18H,5-6,11-13H2,1-4H3,(H,21,27)/t18-/m1/s1. The Morgan fingerprint density at radius 2 is 1.93 bits per heavy atom. The smallest absolute Gasteiger partial charge is 0.338 e. The number of methoxy groups -OCH3 is 1. The zero-order valence-corrected chi connectivity index (χ0v) is 17.2. The van der Waals surface area contributed by atoms with Crippen LogP contribution in [0.4, 0.5) is 0 Å². The zero-order valence-electron chi connectivity index (χ0n) is 16.4. The van der Waals surface area contributed by atoms with Gasteiger partial charge in [-0.05, 0) is 50.2 Å². The van der Waals surface area contributed by atoms with Crippen LogP contribution in [0, 0.1) is 0 Å². The summed E-state index contributed by atoms with van der Waals surface area (Å²) in [6, 6.07) is 7.31. The van der Waals surface area contributed by atoms with E-state index in [1.54, 1.807) is 7.11 Å². The highest BCUT2D eigenvalue weighted by Gasteiger charge is 2.34. The van der Waals surface area contributed by atoms with Crippen LogP contribution >= 0.6 is 12.2 Å². The van der Waals surface area contributed by atoms with Gasteiger partial charge < -0.3 is 24.4 Å². The number of allylic oxidation sites excluding steroid dienone is 1. The minimum Gasteiger partial charge on any atom is -0.494 e. The van der Waals surface area contributed by atoms with Gasteiger partial charge >= 0.3 is 5.97 Å². The molecule has 1 N–H and O–H groups in total. The SMILES string of the molecule is CCCN1C(=S)N[C@H](c2ccc(OCC)cc2)C(C(=O)OCCOC)=C1C. The number of hydrogen-bond donors (Lipinski definition) is 1. The van der Waals surface area contributed by atoms with Gasteiger partial charge in [-0.3, -0.25) is 0 Å².